The van der Waals surface area contributed by atoms with Gasteiger partial charge < -0.3 is 5.32 Å². The summed E-state index contributed by atoms with van der Waals surface area (Å²) < 4.78 is 22.8. The quantitative estimate of drug-likeness (QED) is 0.827. The lowest BCUT2D eigenvalue weighted by molar-refractivity contribution is -0.118. The third-order valence-corrected chi connectivity index (χ3v) is 4.56. The van der Waals surface area contributed by atoms with E-state index < -0.39 is 9.84 Å². The lowest BCUT2D eigenvalue weighted by Crippen LogP contribution is -2.47. The van der Waals surface area contributed by atoms with Crippen molar-refractivity contribution in [3.63, 3.8) is 0 Å². The number of benzene rings is 1. The molecule has 0 aliphatic heterocycles. The zero-order chi connectivity index (χ0) is 17.7. The molecule has 5 nitrogen and oxygen atoms in total. The van der Waals surface area contributed by atoms with Crippen LogP contribution in [0.3, 0.4) is 0 Å². The van der Waals surface area contributed by atoms with E-state index in [0.29, 0.717) is 6.54 Å². The average Bonchev–Trinajstić information content (AvgIpc) is 2.41. The molecule has 0 saturated heterocycles. The zero-order valence-electron chi connectivity index (χ0n) is 14.7. The summed E-state index contributed by atoms with van der Waals surface area (Å²) in [6.07, 6.45) is 2.12. The van der Waals surface area contributed by atoms with E-state index in [1.807, 2.05) is 49.9 Å². The van der Waals surface area contributed by atoms with E-state index in [4.69, 9.17) is 0 Å². The Morgan fingerprint density at radius 1 is 1.26 bits per heavy atom. The average molecular weight is 340 g/mol. The number of carbonyl (C=O) groups is 1. The largest absolute Gasteiger partial charge is 0.325 e. The summed E-state index contributed by atoms with van der Waals surface area (Å²) in [6.45, 7) is 8.48. The molecule has 1 aromatic carbocycles. The number of hydrogen-bond donors (Lipinski definition) is 1. The summed E-state index contributed by atoms with van der Waals surface area (Å²) in [5.41, 5.74) is 1.65. The Morgan fingerprint density at radius 2 is 1.91 bits per heavy atom. The van der Waals surface area contributed by atoms with Crippen molar-refractivity contribution in [3.05, 3.63) is 29.8 Å². The molecule has 6 heteroatoms. The van der Waals surface area contributed by atoms with Gasteiger partial charge >= 0.3 is 0 Å². The van der Waals surface area contributed by atoms with Crippen molar-refractivity contribution >= 4 is 21.4 Å². The van der Waals surface area contributed by atoms with E-state index in [1.165, 1.54) is 6.26 Å². The van der Waals surface area contributed by atoms with Crippen LogP contribution in [-0.2, 0) is 21.1 Å². The summed E-state index contributed by atoms with van der Waals surface area (Å²) in [6, 6.07) is 7.74. The number of aryl methyl sites for hydroxylation is 1. The smallest absolute Gasteiger partial charge is 0.238 e. The molecule has 23 heavy (non-hydrogen) atoms. The molecule has 1 N–H and O–H groups in total. The maximum atomic E-state index is 12.3. The van der Waals surface area contributed by atoms with Crippen LogP contribution in [0, 0.1) is 0 Å². The van der Waals surface area contributed by atoms with Crippen LogP contribution in [0.5, 0.6) is 0 Å². The standard InChI is InChI=1S/C17H28N2O3S/c1-6-14-8-7-9-15(12-14)18-16(20)13-19(17(2,3)4)10-11-23(5,21)22/h7-9,12H,6,10-11,13H2,1-5H3,(H,18,20). The number of rotatable bonds is 7. The van der Waals surface area contributed by atoms with E-state index in [1.54, 1.807) is 0 Å². The second kappa shape index (κ2) is 7.93. The molecule has 1 amide bonds. The Bertz CT molecular complexity index is 633. The van der Waals surface area contributed by atoms with Gasteiger partial charge in [0.15, 0.2) is 0 Å². The summed E-state index contributed by atoms with van der Waals surface area (Å²) in [7, 11) is -3.06. The fourth-order valence-electron chi connectivity index (χ4n) is 2.17. The highest BCUT2D eigenvalue weighted by Crippen LogP contribution is 2.15. The highest BCUT2D eigenvalue weighted by molar-refractivity contribution is 7.90. The number of anilines is 1. The third kappa shape index (κ3) is 7.61. The van der Waals surface area contributed by atoms with E-state index >= 15 is 0 Å². The van der Waals surface area contributed by atoms with Crippen LogP contribution in [0.25, 0.3) is 0 Å². The van der Waals surface area contributed by atoms with E-state index in [0.717, 1.165) is 17.7 Å². The van der Waals surface area contributed by atoms with Gasteiger partial charge in [-0.2, -0.15) is 0 Å². The van der Waals surface area contributed by atoms with Gasteiger partial charge in [-0.25, -0.2) is 8.42 Å². The zero-order valence-corrected chi connectivity index (χ0v) is 15.5. The SMILES string of the molecule is CCc1cccc(NC(=O)CN(CCS(C)(=O)=O)C(C)(C)C)c1. The van der Waals surface area contributed by atoms with Crippen molar-refractivity contribution in [3.8, 4) is 0 Å². The fourth-order valence-corrected chi connectivity index (χ4v) is 2.72. The Labute approximate surface area is 140 Å². The number of nitrogens with zero attached hydrogens (tertiary/aromatic N) is 1. The van der Waals surface area contributed by atoms with Crippen molar-refractivity contribution < 1.29 is 13.2 Å². The monoisotopic (exact) mass is 340 g/mol. The van der Waals surface area contributed by atoms with Crippen LogP contribution >= 0.6 is 0 Å². The molecule has 130 valence electrons. The molecule has 0 saturated carbocycles. The van der Waals surface area contributed by atoms with Crippen LogP contribution in [0.15, 0.2) is 24.3 Å². The molecule has 0 fully saturated rings. The molecule has 0 atom stereocenters. The predicted octanol–water partition coefficient (Wildman–Crippen LogP) is 2.33. The van der Waals surface area contributed by atoms with Gasteiger partial charge in [0.2, 0.25) is 5.91 Å². The molecule has 0 unspecified atom stereocenters. The van der Waals surface area contributed by atoms with Gasteiger partial charge in [0.1, 0.15) is 9.84 Å². The molecule has 1 rings (SSSR count). The van der Waals surface area contributed by atoms with Crippen molar-refractivity contribution in [1.29, 1.82) is 0 Å². The number of amides is 1. The van der Waals surface area contributed by atoms with Crippen molar-refractivity contribution in [2.45, 2.75) is 39.7 Å². The second-order valence-electron chi connectivity index (χ2n) is 6.82. The topological polar surface area (TPSA) is 66.5 Å². The molecule has 0 aliphatic carbocycles. The fraction of sp³-hybridized carbons (Fsp3) is 0.588. The third-order valence-electron chi connectivity index (χ3n) is 3.63. The van der Waals surface area contributed by atoms with E-state index in [-0.39, 0.29) is 23.7 Å². The highest BCUT2D eigenvalue weighted by Gasteiger charge is 2.24. The maximum Gasteiger partial charge on any atom is 0.238 e. The van der Waals surface area contributed by atoms with Gasteiger partial charge in [-0.15, -0.1) is 0 Å². The molecule has 0 spiro atoms. The minimum Gasteiger partial charge on any atom is -0.325 e. The summed E-state index contributed by atoms with van der Waals surface area (Å²) in [5, 5.41) is 2.89. The van der Waals surface area contributed by atoms with Crippen LogP contribution in [0.1, 0.15) is 33.3 Å². The van der Waals surface area contributed by atoms with Gasteiger partial charge in [0, 0.05) is 24.0 Å². The molecule has 0 bridgehead atoms. The summed E-state index contributed by atoms with van der Waals surface area (Å²) >= 11 is 0. The van der Waals surface area contributed by atoms with Crippen molar-refractivity contribution in [2.75, 3.05) is 30.4 Å². The summed E-state index contributed by atoms with van der Waals surface area (Å²) in [5.74, 6) is -0.0928. The van der Waals surface area contributed by atoms with Gasteiger partial charge in [-0.1, -0.05) is 19.1 Å². The van der Waals surface area contributed by atoms with E-state index in [9.17, 15) is 13.2 Å². The summed E-state index contributed by atoms with van der Waals surface area (Å²) in [4.78, 5) is 14.2. The first kappa shape index (κ1) is 19.6. The number of carbonyl (C=O) groups excluding carboxylic acids is 1. The van der Waals surface area contributed by atoms with Gasteiger partial charge in [0.25, 0.3) is 0 Å². The first-order valence-electron chi connectivity index (χ1n) is 7.83. The number of nitrogens with one attached hydrogen (secondary N) is 1. The van der Waals surface area contributed by atoms with Crippen LogP contribution < -0.4 is 5.32 Å². The Balaban J connectivity index is 2.72. The van der Waals surface area contributed by atoms with Crippen molar-refractivity contribution in [1.82, 2.24) is 4.90 Å². The molecule has 0 aromatic heterocycles. The number of sulfone groups is 1. The Morgan fingerprint density at radius 3 is 2.43 bits per heavy atom. The minimum absolute atomic E-state index is 0.0445. The van der Waals surface area contributed by atoms with Gasteiger partial charge in [-0.05, 0) is 44.9 Å². The lowest BCUT2D eigenvalue weighted by Gasteiger charge is -2.34. The van der Waals surface area contributed by atoms with Gasteiger partial charge in [0.05, 0.1) is 12.3 Å². The van der Waals surface area contributed by atoms with Crippen LogP contribution in [-0.4, -0.2) is 49.9 Å². The second-order valence-corrected chi connectivity index (χ2v) is 9.08. The molecule has 1 aromatic rings. The normalized spacial score (nSPS) is 12.4. The van der Waals surface area contributed by atoms with Crippen LogP contribution in [0.4, 0.5) is 5.69 Å². The first-order chi connectivity index (χ1) is 10.5. The molecule has 0 radical (unpaired) electrons. The molecule has 0 heterocycles. The highest BCUT2D eigenvalue weighted by atomic mass is 32.2. The maximum absolute atomic E-state index is 12.3. The van der Waals surface area contributed by atoms with E-state index in [2.05, 4.69) is 12.2 Å². The van der Waals surface area contributed by atoms with Crippen LogP contribution in [0.2, 0.25) is 0 Å². The van der Waals surface area contributed by atoms with Crippen molar-refractivity contribution in [2.24, 2.45) is 0 Å². The molecule has 0 aliphatic rings. The predicted molar refractivity (Wildman–Crippen MR) is 95.5 cm³/mol. The first-order valence-corrected chi connectivity index (χ1v) is 9.89. The minimum atomic E-state index is -3.06. The van der Waals surface area contributed by atoms with Gasteiger partial charge in [-0.3, -0.25) is 9.69 Å². The molecular weight excluding hydrogens is 312 g/mol. The molecular formula is C17H28N2O3S. The Hall–Kier alpha value is -1.40. The Kier molecular flexibility index (Phi) is 6.77. The lowest BCUT2D eigenvalue weighted by atomic mass is 10.1. The number of hydrogen-bond acceptors (Lipinski definition) is 4.